The highest BCUT2D eigenvalue weighted by atomic mass is 19.1. The van der Waals surface area contributed by atoms with E-state index in [4.69, 9.17) is 0 Å². The minimum absolute atomic E-state index is 0.122. The van der Waals surface area contributed by atoms with E-state index in [1.54, 1.807) is 25.5 Å². The van der Waals surface area contributed by atoms with Crippen molar-refractivity contribution in [3.63, 3.8) is 0 Å². The average Bonchev–Trinajstić information content (AvgIpc) is 3.48. The molecular weight excluding hydrogens is 341 g/mol. The van der Waals surface area contributed by atoms with Crippen LogP contribution in [0, 0.1) is 12.7 Å². The van der Waals surface area contributed by atoms with E-state index in [-0.39, 0.29) is 5.82 Å². The molecule has 27 heavy (non-hydrogen) atoms. The number of rotatable bonds is 6. The van der Waals surface area contributed by atoms with Gasteiger partial charge in [-0.05, 0) is 43.5 Å². The number of aromatic nitrogens is 3. The molecule has 5 nitrogen and oxygen atoms in total. The molecule has 1 aliphatic carbocycles. The Morgan fingerprint density at radius 3 is 2.56 bits per heavy atom. The molecule has 3 aromatic rings. The first-order valence-corrected chi connectivity index (χ1v) is 8.86. The molecule has 2 heterocycles. The molecule has 0 amide bonds. The number of nitrogens with one attached hydrogen (secondary N) is 2. The Kier molecular flexibility index (Phi) is 4.54. The molecule has 2 aromatic heterocycles. The lowest BCUT2D eigenvalue weighted by atomic mass is 10.1. The number of hydrogen-bond donors (Lipinski definition) is 2. The summed E-state index contributed by atoms with van der Waals surface area (Å²) in [6.45, 7) is 5.71. The number of nitrogens with zero attached hydrogens (tertiary/aromatic N) is 3. The SMILES string of the molecule is C=C(Nc1ncc(-c2cccc(NC3CC3)c2)cc1F)c1cnc(C)nc1. The maximum atomic E-state index is 14.6. The minimum atomic E-state index is -0.442. The Labute approximate surface area is 157 Å². The van der Waals surface area contributed by atoms with Gasteiger partial charge in [0.2, 0.25) is 0 Å². The monoisotopic (exact) mass is 361 g/mol. The quantitative estimate of drug-likeness (QED) is 0.669. The summed E-state index contributed by atoms with van der Waals surface area (Å²) in [5.74, 6) is 0.345. The third-order valence-electron chi connectivity index (χ3n) is 4.38. The van der Waals surface area contributed by atoms with Crippen molar-refractivity contribution in [2.75, 3.05) is 10.6 Å². The van der Waals surface area contributed by atoms with Crippen molar-refractivity contribution in [2.45, 2.75) is 25.8 Å². The fourth-order valence-corrected chi connectivity index (χ4v) is 2.70. The normalized spacial score (nSPS) is 13.3. The van der Waals surface area contributed by atoms with Crippen LogP contribution in [0.15, 0.2) is 55.5 Å². The van der Waals surface area contributed by atoms with Crippen LogP contribution < -0.4 is 10.6 Å². The van der Waals surface area contributed by atoms with Crippen LogP contribution >= 0.6 is 0 Å². The largest absolute Gasteiger partial charge is 0.382 e. The van der Waals surface area contributed by atoms with Gasteiger partial charge >= 0.3 is 0 Å². The summed E-state index contributed by atoms with van der Waals surface area (Å²) in [5.41, 5.74) is 3.87. The fourth-order valence-electron chi connectivity index (χ4n) is 2.70. The predicted octanol–water partition coefficient (Wildman–Crippen LogP) is 4.64. The Morgan fingerprint density at radius 1 is 1.07 bits per heavy atom. The van der Waals surface area contributed by atoms with Crippen LogP contribution in [0.25, 0.3) is 16.8 Å². The minimum Gasteiger partial charge on any atom is -0.382 e. The van der Waals surface area contributed by atoms with Crippen LogP contribution in [0.3, 0.4) is 0 Å². The van der Waals surface area contributed by atoms with Gasteiger partial charge in [0.25, 0.3) is 0 Å². The standard InChI is InChI=1S/C21H20FN5/c1-13(17-11-23-14(2)24-12-17)26-21-20(22)9-16(10-25-21)15-4-3-5-19(8-15)27-18-6-7-18/h3-5,8-12,18,27H,1,6-7H2,2H3,(H,25,26). The number of aryl methyl sites for hydroxylation is 1. The number of halogens is 1. The van der Waals surface area contributed by atoms with Crippen LogP contribution in [0.5, 0.6) is 0 Å². The van der Waals surface area contributed by atoms with Gasteiger partial charge in [0, 0.05) is 47.1 Å². The number of anilines is 2. The molecule has 1 saturated carbocycles. The molecule has 0 atom stereocenters. The Hall–Kier alpha value is -3.28. The van der Waals surface area contributed by atoms with Gasteiger partial charge in [-0.3, -0.25) is 0 Å². The lowest BCUT2D eigenvalue weighted by molar-refractivity contribution is 0.627. The van der Waals surface area contributed by atoms with Crippen LogP contribution in [-0.2, 0) is 0 Å². The van der Waals surface area contributed by atoms with Crippen LogP contribution in [0.2, 0.25) is 0 Å². The summed E-state index contributed by atoms with van der Waals surface area (Å²) >= 11 is 0. The molecular formula is C21H20FN5. The summed E-state index contributed by atoms with van der Waals surface area (Å²) in [7, 11) is 0. The molecule has 1 fully saturated rings. The summed E-state index contributed by atoms with van der Waals surface area (Å²) in [6.07, 6.45) is 7.35. The van der Waals surface area contributed by atoms with Gasteiger partial charge in [0.1, 0.15) is 5.82 Å². The van der Waals surface area contributed by atoms with E-state index < -0.39 is 5.82 Å². The maximum absolute atomic E-state index is 14.6. The highest BCUT2D eigenvalue weighted by molar-refractivity contribution is 5.74. The lowest BCUT2D eigenvalue weighted by Gasteiger charge is -2.11. The second kappa shape index (κ2) is 7.15. The van der Waals surface area contributed by atoms with Gasteiger partial charge in [-0.2, -0.15) is 0 Å². The van der Waals surface area contributed by atoms with E-state index in [0.29, 0.717) is 23.1 Å². The molecule has 0 radical (unpaired) electrons. The lowest BCUT2D eigenvalue weighted by Crippen LogP contribution is -2.03. The van der Waals surface area contributed by atoms with Crippen LogP contribution in [-0.4, -0.2) is 21.0 Å². The van der Waals surface area contributed by atoms with E-state index in [9.17, 15) is 4.39 Å². The molecule has 0 bridgehead atoms. The molecule has 0 aliphatic heterocycles. The molecule has 1 aromatic carbocycles. The first-order chi connectivity index (χ1) is 13.1. The van der Waals surface area contributed by atoms with E-state index >= 15 is 0 Å². The molecule has 0 spiro atoms. The molecule has 4 rings (SSSR count). The molecule has 0 saturated heterocycles. The average molecular weight is 361 g/mol. The van der Waals surface area contributed by atoms with Gasteiger partial charge in [-0.1, -0.05) is 18.7 Å². The number of pyridine rings is 1. The highest BCUT2D eigenvalue weighted by Crippen LogP contribution is 2.29. The van der Waals surface area contributed by atoms with Gasteiger partial charge in [0.05, 0.1) is 0 Å². The predicted molar refractivity (Wildman–Crippen MR) is 106 cm³/mol. The maximum Gasteiger partial charge on any atom is 0.166 e. The summed E-state index contributed by atoms with van der Waals surface area (Å²) in [6, 6.07) is 10.00. The van der Waals surface area contributed by atoms with Crippen LogP contribution in [0.1, 0.15) is 24.2 Å². The van der Waals surface area contributed by atoms with E-state index in [1.165, 1.54) is 18.9 Å². The third kappa shape index (κ3) is 4.11. The summed E-state index contributed by atoms with van der Waals surface area (Å²) in [4.78, 5) is 12.5. The van der Waals surface area contributed by atoms with Crippen molar-refractivity contribution in [3.05, 3.63) is 72.7 Å². The van der Waals surface area contributed by atoms with E-state index in [0.717, 1.165) is 16.8 Å². The smallest absolute Gasteiger partial charge is 0.166 e. The van der Waals surface area contributed by atoms with Crippen molar-refractivity contribution in [2.24, 2.45) is 0 Å². The zero-order valence-electron chi connectivity index (χ0n) is 15.0. The summed E-state index contributed by atoms with van der Waals surface area (Å²) < 4.78 is 14.6. The second-order valence-corrected chi connectivity index (χ2v) is 6.68. The van der Waals surface area contributed by atoms with Crippen molar-refractivity contribution in [1.82, 2.24) is 15.0 Å². The second-order valence-electron chi connectivity index (χ2n) is 6.68. The van der Waals surface area contributed by atoms with Crippen molar-refractivity contribution < 1.29 is 4.39 Å². The third-order valence-corrected chi connectivity index (χ3v) is 4.38. The molecule has 0 unspecified atom stereocenters. The summed E-state index contributed by atoms with van der Waals surface area (Å²) in [5, 5.41) is 6.35. The van der Waals surface area contributed by atoms with Gasteiger partial charge in [0.15, 0.2) is 11.6 Å². The number of benzene rings is 1. The first-order valence-electron chi connectivity index (χ1n) is 8.86. The molecule has 1 aliphatic rings. The van der Waals surface area contributed by atoms with Gasteiger partial charge < -0.3 is 10.6 Å². The van der Waals surface area contributed by atoms with E-state index in [1.807, 2.05) is 24.3 Å². The fraction of sp³-hybridized carbons (Fsp3) is 0.190. The zero-order chi connectivity index (χ0) is 18.8. The van der Waals surface area contributed by atoms with E-state index in [2.05, 4.69) is 32.2 Å². The topological polar surface area (TPSA) is 62.7 Å². The highest BCUT2D eigenvalue weighted by Gasteiger charge is 2.20. The molecule has 136 valence electrons. The van der Waals surface area contributed by atoms with Gasteiger partial charge in [-0.15, -0.1) is 0 Å². The van der Waals surface area contributed by atoms with Crippen LogP contribution in [0.4, 0.5) is 15.9 Å². The Morgan fingerprint density at radius 2 is 1.85 bits per heavy atom. The van der Waals surface area contributed by atoms with Crippen molar-refractivity contribution >= 4 is 17.2 Å². The van der Waals surface area contributed by atoms with Gasteiger partial charge in [-0.25, -0.2) is 19.3 Å². The molecule has 2 N–H and O–H groups in total. The first kappa shape index (κ1) is 17.1. The molecule has 6 heteroatoms. The zero-order valence-corrected chi connectivity index (χ0v) is 15.0. The van der Waals surface area contributed by atoms with Crippen molar-refractivity contribution in [1.29, 1.82) is 0 Å². The number of hydrogen-bond acceptors (Lipinski definition) is 5. The van der Waals surface area contributed by atoms with Crippen molar-refractivity contribution in [3.8, 4) is 11.1 Å². The Balaban J connectivity index is 1.52. The Bertz CT molecular complexity index is 980.